The van der Waals surface area contributed by atoms with E-state index in [4.69, 9.17) is 10.2 Å². The topological polar surface area (TPSA) is 40.5 Å². The Bertz CT molecular complexity index is 599. The summed E-state index contributed by atoms with van der Waals surface area (Å²) in [6, 6.07) is 3.91. The molecule has 0 radical (unpaired) electrons. The maximum atomic E-state index is 8.92. The van der Waals surface area contributed by atoms with Crippen LogP contribution < -0.4 is 0 Å². The SMILES string of the molecule is C=C(C#Cc1cc(C)c(C)cc1C#CC(=C)CO)CO. The van der Waals surface area contributed by atoms with Crippen LogP contribution in [0.5, 0.6) is 0 Å². The molecule has 2 heteroatoms. The van der Waals surface area contributed by atoms with Gasteiger partial charge in [0.2, 0.25) is 0 Å². The fourth-order valence-corrected chi connectivity index (χ4v) is 1.41. The van der Waals surface area contributed by atoms with Crippen molar-refractivity contribution in [2.45, 2.75) is 13.8 Å². The zero-order chi connectivity index (χ0) is 15.1. The van der Waals surface area contributed by atoms with Crippen molar-refractivity contribution < 1.29 is 10.2 Å². The highest BCUT2D eigenvalue weighted by Crippen LogP contribution is 2.15. The van der Waals surface area contributed by atoms with Gasteiger partial charge in [0, 0.05) is 22.3 Å². The summed E-state index contributed by atoms with van der Waals surface area (Å²) in [6.45, 7) is 11.0. The lowest BCUT2D eigenvalue weighted by molar-refractivity contribution is 0.336. The highest BCUT2D eigenvalue weighted by Gasteiger charge is 2.01. The van der Waals surface area contributed by atoms with E-state index in [1.165, 1.54) is 0 Å². The maximum Gasteiger partial charge on any atom is 0.0754 e. The number of benzene rings is 1. The Morgan fingerprint density at radius 1 is 0.900 bits per heavy atom. The molecule has 1 aromatic carbocycles. The molecule has 0 spiro atoms. The number of aliphatic hydroxyl groups excluding tert-OH is 2. The van der Waals surface area contributed by atoms with E-state index in [9.17, 15) is 0 Å². The van der Waals surface area contributed by atoms with E-state index in [0.29, 0.717) is 11.1 Å². The Balaban J connectivity index is 3.29. The zero-order valence-corrected chi connectivity index (χ0v) is 11.9. The monoisotopic (exact) mass is 266 g/mol. The van der Waals surface area contributed by atoms with Crippen LogP contribution in [0.15, 0.2) is 36.4 Å². The number of aryl methyl sites for hydroxylation is 2. The third-order valence-corrected chi connectivity index (χ3v) is 2.76. The van der Waals surface area contributed by atoms with Crippen molar-refractivity contribution in [1.82, 2.24) is 0 Å². The van der Waals surface area contributed by atoms with E-state index in [0.717, 1.165) is 22.3 Å². The molecule has 1 aromatic rings. The van der Waals surface area contributed by atoms with Gasteiger partial charge in [-0.05, 0) is 37.1 Å². The highest BCUT2D eigenvalue weighted by molar-refractivity contribution is 5.56. The standard InChI is InChI=1S/C18H18O2/c1-13(11-19)5-7-17-9-15(3)16(4)10-18(17)8-6-14(2)12-20/h9-10,19-20H,1-2,11-12H2,3-4H3. The minimum atomic E-state index is -0.153. The summed E-state index contributed by atoms with van der Waals surface area (Å²) >= 11 is 0. The predicted molar refractivity (Wildman–Crippen MR) is 82.1 cm³/mol. The summed E-state index contributed by atoms with van der Waals surface area (Å²) in [5.74, 6) is 11.5. The molecule has 2 nitrogen and oxygen atoms in total. The van der Waals surface area contributed by atoms with Gasteiger partial charge in [-0.2, -0.15) is 0 Å². The molecule has 0 unspecified atom stereocenters. The largest absolute Gasteiger partial charge is 0.391 e. The minimum absolute atomic E-state index is 0.153. The van der Waals surface area contributed by atoms with Gasteiger partial charge >= 0.3 is 0 Å². The average molecular weight is 266 g/mol. The van der Waals surface area contributed by atoms with Crippen LogP contribution in [-0.2, 0) is 0 Å². The second-order valence-corrected chi connectivity index (χ2v) is 4.51. The molecule has 0 heterocycles. The lowest BCUT2D eigenvalue weighted by Crippen LogP contribution is -1.91. The van der Waals surface area contributed by atoms with Crippen molar-refractivity contribution in [3.8, 4) is 23.7 Å². The van der Waals surface area contributed by atoms with Crippen molar-refractivity contribution in [3.05, 3.63) is 58.7 Å². The predicted octanol–water partition coefficient (Wildman–Crippen LogP) is 2.10. The summed E-state index contributed by atoms with van der Waals surface area (Å²) in [5.41, 5.74) is 4.72. The molecule has 0 aliphatic carbocycles. The molecule has 0 saturated heterocycles. The highest BCUT2D eigenvalue weighted by atomic mass is 16.3. The van der Waals surface area contributed by atoms with E-state index in [2.05, 4.69) is 36.8 Å². The number of rotatable bonds is 2. The van der Waals surface area contributed by atoms with Crippen LogP contribution in [0.3, 0.4) is 0 Å². The van der Waals surface area contributed by atoms with Gasteiger partial charge in [-0.1, -0.05) is 36.8 Å². The molecule has 0 aliphatic rings. The van der Waals surface area contributed by atoms with Gasteiger partial charge in [-0.3, -0.25) is 0 Å². The molecular formula is C18H18O2. The van der Waals surface area contributed by atoms with Crippen LogP contribution in [0.1, 0.15) is 22.3 Å². The molecule has 0 atom stereocenters. The lowest BCUT2D eigenvalue weighted by atomic mass is 10.00. The summed E-state index contributed by atoms with van der Waals surface area (Å²) in [5, 5.41) is 17.8. The Morgan fingerprint density at radius 3 is 1.55 bits per heavy atom. The molecule has 0 amide bonds. The molecule has 0 saturated carbocycles. The summed E-state index contributed by atoms with van der Waals surface area (Å²) in [6.07, 6.45) is 0. The first-order valence-electron chi connectivity index (χ1n) is 6.20. The molecule has 2 N–H and O–H groups in total. The summed E-state index contributed by atoms with van der Waals surface area (Å²) < 4.78 is 0. The molecule has 0 aliphatic heterocycles. The van der Waals surface area contributed by atoms with Gasteiger partial charge in [0.25, 0.3) is 0 Å². The molecular weight excluding hydrogens is 248 g/mol. The maximum absolute atomic E-state index is 8.92. The van der Waals surface area contributed by atoms with Crippen LogP contribution in [0.25, 0.3) is 0 Å². The number of hydrogen-bond acceptors (Lipinski definition) is 2. The van der Waals surface area contributed by atoms with Gasteiger partial charge in [0.1, 0.15) is 0 Å². The van der Waals surface area contributed by atoms with Crippen LogP contribution in [0.4, 0.5) is 0 Å². The van der Waals surface area contributed by atoms with Crippen LogP contribution in [0.2, 0.25) is 0 Å². The molecule has 0 bridgehead atoms. The van der Waals surface area contributed by atoms with Crippen LogP contribution in [0, 0.1) is 37.5 Å². The second kappa shape index (κ2) is 7.36. The fraction of sp³-hybridized carbons (Fsp3) is 0.222. The first-order valence-corrected chi connectivity index (χ1v) is 6.20. The van der Waals surface area contributed by atoms with E-state index < -0.39 is 0 Å². The summed E-state index contributed by atoms with van der Waals surface area (Å²) in [7, 11) is 0. The lowest BCUT2D eigenvalue weighted by Gasteiger charge is -2.04. The van der Waals surface area contributed by atoms with Gasteiger partial charge in [-0.25, -0.2) is 0 Å². The van der Waals surface area contributed by atoms with Crippen molar-refractivity contribution >= 4 is 0 Å². The molecule has 0 fully saturated rings. The average Bonchev–Trinajstić information content (AvgIpc) is 2.45. The van der Waals surface area contributed by atoms with Gasteiger partial charge in [-0.15, -0.1) is 0 Å². The fourth-order valence-electron chi connectivity index (χ4n) is 1.41. The van der Waals surface area contributed by atoms with Crippen molar-refractivity contribution in [2.24, 2.45) is 0 Å². The quantitative estimate of drug-likeness (QED) is 0.805. The Hall–Kier alpha value is -2.26. The van der Waals surface area contributed by atoms with Crippen molar-refractivity contribution in [1.29, 1.82) is 0 Å². The second-order valence-electron chi connectivity index (χ2n) is 4.51. The minimum Gasteiger partial charge on any atom is -0.391 e. The van der Waals surface area contributed by atoms with E-state index in [-0.39, 0.29) is 13.2 Å². The van der Waals surface area contributed by atoms with E-state index in [1.807, 2.05) is 26.0 Å². The Morgan fingerprint density at radius 2 is 1.25 bits per heavy atom. The van der Waals surface area contributed by atoms with Gasteiger partial charge < -0.3 is 10.2 Å². The van der Waals surface area contributed by atoms with E-state index in [1.54, 1.807) is 0 Å². The molecule has 0 aromatic heterocycles. The molecule has 20 heavy (non-hydrogen) atoms. The summed E-state index contributed by atoms with van der Waals surface area (Å²) in [4.78, 5) is 0. The normalized spacial score (nSPS) is 9.00. The number of hydrogen-bond donors (Lipinski definition) is 2. The van der Waals surface area contributed by atoms with Gasteiger partial charge in [0.15, 0.2) is 0 Å². The Kier molecular flexibility index (Phi) is 5.81. The number of aliphatic hydroxyl groups is 2. The van der Waals surface area contributed by atoms with Gasteiger partial charge in [0.05, 0.1) is 13.2 Å². The first kappa shape index (κ1) is 15.8. The molecule has 1 rings (SSSR count). The zero-order valence-electron chi connectivity index (χ0n) is 11.9. The third-order valence-electron chi connectivity index (χ3n) is 2.76. The molecule has 102 valence electrons. The van der Waals surface area contributed by atoms with Crippen molar-refractivity contribution in [2.75, 3.05) is 13.2 Å². The van der Waals surface area contributed by atoms with Crippen molar-refractivity contribution in [3.63, 3.8) is 0 Å². The van der Waals surface area contributed by atoms with Crippen LogP contribution in [-0.4, -0.2) is 23.4 Å². The van der Waals surface area contributed by atoms with Crippen LogP contribution >= 0.6 is 0 Å². The Labute approximate surface area is 120 Å². The van der Waals surface area contributed by atoms with E-state index >= 15 is 0 Å². The third kappa shape index (κ3) is 4.44. The first-order chi connectivity index (χ1) is 9.47. The smallest absolute Gasteiger partial charge is 0.0754 e.